The van der Waals surface area contributed by atoms with Gasteiger partial charge in [0.25, 0.3) is 0 Å². The van der Waals surface area contributed by atoms with Crippen LogP contribution in [0.15, 0.2) is 6.33 Å². The molecule has 0 radical (unpaired) electrons. The van der Waals surface area contributed by atoms with Gasteiger partial charge >= 0.3 is 5.82 Å². The third-order valence-corrected chi connectivity index (χ3v) is 3.36. The number of aryl methyl sites for hydroxylation is 1. The van der Waals surface area contributed by atoms with Gasteiger partial charge in [0.15, 0.2) is 0 Å². The van der Waals surface area contributed by atoms with E-state index in [0.717, 1.165) is 19.4 Å². The van der Waals surface area contributed by atoms with Crippen LogP contribution in [0.2, 0.25) is 0 Å². The van der Waals surface area contributed by atoms with Gasteiger partial charge in [0.1, 0.15) is 5.78 Å². The van der Waals surface area contributed by atoms with Crippen LogP contribution < -0.4 is 4.90 Å². The minimum absolute atomic E-state index is 0.0340. The molecule has 7 heteroatoms. The highest BCUT2D eigenvalue weighted by molar-refractivity contribution is 5.79. The van der Waals surface area contributed by atoms with Gasteiger partial charge in [0, 0.05) is 26.1 Å². The Morgan fingerprint density at radius 1 is 1.61 bits per heavy atom. The Bertz CT molecular complexity index is 483. The van der Waals surface area contributed by atoms with Crippen LogP contribution in [0.5, 0.6) is 0 Å². The van der Waals surface area contributed by atoms with Crippen molar-refractivity contribution in [3.8, 4) is 0 Å². The van der Waals surface area contributed by atoms with E-state index >= 15 is 0 Å². The highest BCUT2D eigenvalue weighted by Crippen LogP contribution is 2.30. The summed E-state index contributed by atoms with van der Waals surface area (Å²) < 4.78 is 1.64. The largest absolute Gasteiger partial charge is 0.406 e. The van der Waals surface area contributed by atoms with Gasteiger partial charge in [-0.25, -0.2) is 0 Å². The van der Waals surface area contributed by atoms with E-state index in [2.05, 4.69) is 4.98 Å². The van der Waals surface area contributed by atoms with Crippen molar-refractivity contribution < 1.29 is 9.72 Å². The summed E-state index contributed by atoms with van der Waals surface area (Å²) in [5.74, 6) is 0.463. The first-order valence-corrected chi connectivity index (χ1v) is 5.91. The molecule has 0 N–H and O–H groups in total. The molecule has 1 unspecified atom stereocenters. The number of hydrogen-bond donors (Lipinski definition) is 0. The van der Waals surface area contributed by atoms with Gasteiger partial charge in [-0.15, -0.1) is 0 Å². The Kier molecular flexibility index (Phi) is 3.31. The van der Waals surface area contributed by atoms with Crippen LogP contribution in [-0.2, 0) is 11.8 Å². The Labute approximate surface area is 105 Å². The maximum Gasteiger partial charge on any atom is 0.406 e. The Balaban J connectivity index is 2.28. The van der Waals surface area contributed by atoms with E-state index in [9.17, 15) is 14.9 Å². The van der Waals surface area contributed by atoms with Crippen molar-refractivity contribution in [3.63, 3.8) is 0 Å². The van der Waals surface area contributed by atoms with E-state index in [4.69, 9.17) is 0 Å². The Morgan fingerprint density at radius 3 is 2.94 bits per heavy atom. The molecule has 1 atom stereocenters. The summed E-state index contributed by atoms with van der Waals surface area (Å²) >= 11 is 0. The van der Waals surface area contributed by atoms with Crippen molar-refractivity contribution >= 4 is 17.4 Å². The molecule has 0 bridgehead atoms. The minimum atomic E-state index is -0.479. The molecule has 1 aliphatic rings. The molecule has 0 aromatic carbocycles. The SMILES string of the molecule is CC(=O)C1CCCN(c2c([N+](=O)[O-])ncn2C)C1. The molecule has 7 nitrogen and oxygen atoms in total. The van der Waals surface area contributed by atoms with E-state index in [1.54, 1.807) is 18.5 Å². The van der Waals surface area contributed by atoms with Gasteiger partial charge in [-0.2, -0.15) is 0 Å². The zero-order chi connectivity index (χ0) is 13.3. The molecule has 1 fully saturated rings. The van der Waals surface area contributed by atoms with Crippen molar-refractivity contribution in [3.05, 3.63) is 16.4 Å². The lowest BCUT2D eigenvalue weighted by Crippen LogP contribution is -2.39. The normalized spacial score (nSPS) is 19.9. The minimum Gasteiger partial charge on any atom is -0.358 e. The molecule has 0 spiro atoms. The summed E-state index contributed by atoms with van der Waals surface area (Å²) in [6, 6.07) is 0. The zero-order valence-corrected chi connectivity index (χ0v) is 10.5. The van der Waals surface area contributed by atoms with Crippen LogP contribution in [-0.4, -0.2) is 33.3 Å². The van der Waals surface area contributed by atoms with E-state index in [1.807, 2.05) is 4.90 Å². The quantitative estimate of drug-likeness (QED) is 0.595. The first-order valence-electron chi connectivity index (χ1n) is 5.91. The lowest BCUT2D eigenvalue weighted by atomic mass is 9.95. The number of nitro groups is 1. The monoisotopic (exact) mass is 252 g/mol. The predicted octanol–water partition coefficient (Wildman–Crippen LogP) is 1.13. The van der Waals surface area contributed by atoms with Crippen molar-refractivity contribution in [2.75, 3.05) is 18.0 Å². The summed E-state index contributed by atoms with van der Waals surface area (Å²) in [4.78, 5) is 27.6. The van der Waals surface area contributed by atoms with Crippen LogP contribution in [0.4, 0.5) is 11.6 Å². The summed E-state index contributed by atoms with van der Waals surface area (Å²) in [7, 11) is 1.73. The van der Waals surface area contributed by atoms with Gasteiger partial charge in [0.05, 0.1) is 0 Å². The number of Topliss-reactive ketones (excluding diaryl/α,β-unsaturated/α-hetero) is 1. The van der Waals surface area contributed by atoms with Crippen LogP contribution >= 0.6 is 0 Å². The summed E-state index contributed by atoms with van der Waals surface area (Å²) in [5.41, 5.74) is 0. The molecule has 1 aromatic heterocycles. The predicted molar refractivity (Wildman–Crippen MR) is 65.5 cm³/mol. The van der Waals surface area contributed by atoms with E-state index in [-0.39, 0.29) is 17.5 Å². The summed E-state index contributed by atoms with van der Waals surface area (Å²) in [5, 5.41) is 10.9. The smallest absolute Gasteiger partial charge is 0.358 e. The van der Waals surface area contributed by atoms with Crippen LogP contribution in [0, 0.1) is 16.0 Å². The van der Waals surface area contributed by atoms with Crippen molar-refractivity contribution in [2.45, 2.75) is 19.8 Å². The third kappa shape index (κ3) is 2.20. The van der Waals surface area contributed by atoms with Crippen LogP contribution in [0.1, 0.15) is 19.8 Å². The van der Waals surface area contributed by atoms with E-state index in [0.29, 0.717) is 12.4 Å². The number of ketones is 1. The molecule has 2 heterocycles. The standard InChI is InChI=1S/C11H16N4O3/c1-8(16)9-4-3-5-14(6-9)11-10(15(17)18)12-7-13(11)2/h7,9H,3-6H2,1-2H3. The third-order valence-electron chi connectivity index (χ3n) is 3.36. The lowest BCUT2D eigenvalue weighted by molar-refractivity contribution is -0.388. The molecule has 98 valence electrons. The van der Waals surface area contributed by atoms with Gasteiger partial charge in [0.2, 0.25) is 12.1 Å². The van der Waals surface area contributed by atoms with Crippen LogP contribution in [0.25, 0.3) is 0 Å². The molecular formula is C11H16N4O3. The fourth-order valence-corrected chi connectivity index (χ4v) is 2.41. The topological polar surface area (TPSA) is 81.3 Å². The molecule has 0 saturated carbocycles. The number of anilines is 1. The molecule has 2 rings (SSSR count). The summed E-state index contributed by atoms with van der Waals surface area (Å²) in [6.45, 7) is 2.84. The Hall–Kier alpha value is -1.92. The summed E-state index contributed by atoms with van der Waals surface area (Å²) in [6.07, 6.45) is 3.16. The zero-order valence-electron chi connectivity index (χ0n) is 10.5. The van der Waals surface area contributed by atoms with Gasteiger partial charge < -0.3 is 15.0 Å². The second-order valence-electron chi connectivity index (χ2n) is 4.66. The van der Waals surface area contributed by atoms with Crippen molar-refractivity contribution in [2.24, 2.45) is 13.0 Å². The second kappa shape index (κ2) is 4.75. The average molecular weight is 252 g/mol. The van der Waals surface area contributed by atoms with Gasteiger partial charge in [-0.1, -0.05) is 0 Å². The molecule has 1 aliphatic heterocycles. The van der Waals surface area contributed by atoms with Crippen LogP contribution in [0.3, 0.4) is 0 Å². The molecule has 1 saturated heterocycles. The van der Waals surface area contributed by atoms with Gasteiger partial charge in [-0.3, -0.25) is 9.36 Å². The van der Waals surface area contributed by atoms with Gasteiger partial charge in [-0.05, 0) is 29.7 Å². The number of imidazole rings is 1. The number of carbonyl (C=O) groups excluding carboxylic acids is 1. The molecule has 18 heavy (non-hydrogen) atoms. The molecule has 0 amide bonds. The number of piperidine rings is 1. The first kappa shape index (κ1) is 12.5. The number of nitrogens with zero attached hydrogens (tertiary/aromatic N) is 4. The number of carbonyl (C=O) groups is 1. The number of aromatic nitrogens is 2. The number of rotatable bonds is 3. The lowest BCUT2D eigenvalue weighted by Gasteiger charge is -2.32. The average Bonchev–Trinajstić information content (AvgIpc) is 2.71. The molecular weight excluding hydrogens is 236 g/mol. The maximum atomic E-state index is 11.4. The highest BCUT2D eigenvalue weighted by Gasteiger charge is 2.30. The fraction of sp³-hybridized carbons (Fsp3) is 0.636. The number of hydrogen-bond acceptors (Lipinski definition) is 5. The van der Waals surface area contributed by atoms with Crippen molar-refractivity contribution in [1.29, 1.82) is 0 Å². The molecule has 1 aromatic rings. The van der Waals surface area contributed by atoms with Crippen molar-refractivity contribution in [1.82, 2.24) is 9.55 Å². The highest BCUT2D eigenvalue weighted by atomic mass is 16.6. The fourth-order valence-electron chi connectivity index (χ4n) is 2.41. The molecule has 0 aliphatic carbocycles. The Morgan fingerprint density at radius 2 is 2.33 bits per heavy atom. The van der Waals surface area contributed by atoms with E-state index < -0.39 is 4.92 Å². The maximum absolute atomic E-state index is 11.4. The van der Waals surface area contributed by atoms with E-state index in [1.165, 1.54) is 6.33 Å². The second-order valence-corrected chi connectivity index (χ2v) is 4.66. The first-order chi connectivity index (χ1) is 8.50.